The number of benzene rings is 4. The summed E-state index contributed by atoms with van der Waals surface area (Å²) >= 11 is 0. The molecule has 388 valence electrons. The van der Waals surface area contributed by atoms with E-state index in [0.717, 1.165) is 57.9 Å². The lowest BCUT2D eigenvalue weighted by molar-refractivity contribution is -0.138. The molecule has 0 unspecified atom stereocenters. The van der Waals surface area contributed by atoms with Crippen LogP contribution in [0.5, 0.6) is 11.5 Å². The summed E-state index contributed by atoms with van der Waals surface area (Å²) in [7, 11) is 3.69. The number of hydrogen-bond donors (Lipinski definition) is 3. The third-order valence-electron chi connectivity index (χ3n) is 10.9. The molecule has 4 aromatic carbocycles. The average Bonchev–Trinajstić information content (AvgIpc) is 4.16. The van der Waals surface area contributed by atoms with Gasteiger partial charge in [0.05, 0.1) is 52.9 Å². The molecule has 4 heterocycles. The molecule has 4 N–H and O–H groups in total. The second-order valence-corrected chi connectivity index (χ2v) is 16.1. The van der Waals surface area contributed by atoms with Crippen molar-refractivity contribution < 1.29 is 50.5 Å². The Balaban J connectivity index is 0.000000226. The van der Waals surface area contributed by atoms with Crippen LogP contribution in [0, 0.1) is 27.7 Å². The molecule has 8 aromatic rings. The van der Waals surface area contributed by atoms with Crippen LogP contribution in [-0.4, -0.2) is 79.7 Å². The van der Waals surface area contributed by atoms with Crippen molar-refractivity contribution in [3.8, 4) is 45.4 Å². The van der Waals surface area contributed by atoms with Gasteiger partial charge in [0.25, 0.3) is 5.91 Å². The van der Waals surface area contributed by atoms with Crippen molar-refractivity contribution in [2.45, 2.75) is 47.5 Å². The van der Waals surface area contributed by atoms with Crippen LogP contribution in [0.2, 0.25) is 0 Å². The van der Waals surface area contributed by atoms with Crippen LogP contribution in [-0.2, 0) is 26.4 Å². The fourth-order valence-electron chi connectivity index (χ4n) is 6.80. The van der Waals surface area contributed by atoms with Gasteiger partial charge in [0, 0.05) is 65.7 Å². The molecule has 17 nitrogen and oxygen atoms in total. The number of nitrogens with one attached hydrogen (secondary N) is 1. The number of nitrogens with zero attached hydrogens (tertiary/aromatic N) is 10. The zero-order chi connectivity index (χ0) is 53.4. The van der Waals surface area contributed by atoms with Gasteiger partial charge in [-0.1, -0.05) is 55.3 Å². The molecule has 0 aliphatic carbocycles. The number of carboxylic acid groups (broad SMARTS) is 1. The largest absolute Gasteiger partial charge is 0.489 e. The van der Waals surface area contributed by atoms with Crippen LogP contribution in [0.25, 0.3) is 33.9 Å². The number of carboxylic acids is 1. The molecule has 0 bridgehead atoms. The van der Waals surface area contributed by atoms with Gasteiger partial charge < -0.3 is 25.6 Å². The molecule has 0 spiro atoms. The van der Waals surface area contributed by atoms with E-state index in [9.17, 15) is 35.9 Å². The van der Waals surface area contributed by atoms with Gasteiger partial charge in [-0.05, 0) is 87.4 Å². The topological polar surface area (TPSA) is 208 Å². The third kappa shape index (κ3) is 13.7. The number of nitrogens with two attached hydrogens (primary N) is 1. The number of carbonyl (C=O) groups is 2. The fraction of sp³-hybridized carbons (Fsp3) is 0.216. The minimum atomic E-state index is -4.61. The molecule has 0 fully saturated rings. The van der Waals surface area contributed by atoms with Crippen molar-refractivity contribution in [3.05, 3.63) is 168 Å². The second-order valence-electron chi connectivity index (χ2n) is 16.1. The van der Waals surface area contributed by atoms with Crippen LogP contribution in [0.4, 0.5) is 37.7 Å². The number of hydrogen-bond acceptors (Lipinski definition) is 11. The van der Waals surface area contributed by atoms with Crippen LogP contribution in [0.1, 0.15) is 61.8 Å². The van der Waals surface area contributed by atoms with Crippen molar-refractivity contribution in [1.82, 2.24) is 49.5 Å². The Kier molecular flexibility index (Phi) is 17.7. The van der Waals surface area contributed by atoms with Crippen LogP contribution in [0.15, 0.2) is 123 Å². The Labute approximate surface area is 421 Å². The number of aromatic nitrogens is 10. The molecule has 4 aromatic heterocycles. The highest BCUT2D eigenvalue weighted by Crippen LogP contribution is 2.35. The number of nitrogen functional groups attached to an aromatic ring is 1. The quantitative estimate of drug-likeness (QED) is 0.0560. The van der Waals surface area contributed by atoms with E-state index in [4.69, 9.17) is 20.3 Å². The molecule has 0 aliphatic heterocycles. The van der Waals surface area contributed by atoms with Crippen molar-refractivity contribution in [1.29, 1.82) is 0 Å². The van der Waals surface area contributed by atoms with E-state index in [1.807, 2.05) is 41.8 Å². The molecular weight excluding hydrogens is 975 g/mol. The van der Waals surface area contributed by atoms with Crippen molar-refractivity contribution in [3.63, 3.8) is 0 Å². The fourth-order valence-corrected chi connectivity index (χ4v) is 6.80. The Hall–Kier alpha value is -9.02. The Bertz CT molecular complexity index is 3300. The number of aromatic carboxylic acids is 1. The highest BCUT2D eigenvalue weighted by Gasteiger charge is 2.32. The first-order chi connectivity index (χ1) is 34.5. The lowest BCUT2D eigenvalue weighted by Gasteiger charge is -2.14. The van der Waals surface area contributed by atoms with Gasteiger partial charge in [-0.15, -0.1) is 10.2 Å². The van der Waals surface area contributed by atoms with Gasteiger partial charge in [0.1, 0.15) is 36.1 Å². The number of rotatable bonds is 13. The highest BCUT2D eigenvalue weighted by molar-refractivity contribution is 6.04. The Morgan fingerprint density at radius 2 is 1.12 bits per heavy atom. The Morgan fingerprint density at radius 1 is 0.676 bits per heavy atom. The summed E-state index contributed by atoms with van der Waals surface area (Å²) in [6, 6.07) is 16.0. The summed E-state index contributed by atoms with van der Waals surface area (Å²) in [6.07, 6.45) is 0.770. The second kappa shape index (κ2) is 23.5. The number of carbonyl (C=O) groups excluding carboxylic acids is 1. The zero-order valence-electron chi connectivity index (χ0n) is 40.1. The van der Waals surface area contributed by atoms with Crippen molar-refractivity contribution in [2.24, 2.45) is 14.1 Å². The summed E-state index contributed by atoms with van der Waals surface area (Å²) in [4.78, 5) is 24.1. The lowest BCUT2D eigenvalue weighted by atomic mass is 10.1. The number of amides is 1. The number of alkyl halides is 6. The predicted octanol–water partition coefficient (Wildman–Crippen LogP) is 10.6. The molecule has 0 saturated carbocycles. The normalized spacial score (nSPS) is 11.0. The predicted molar refractivity (Wildman–Crippen MR) is 266 cm³/mol. The lowest BCUT2D eigenvalue weighted by Crippen LogP contribution is -2.14. The molecule has 74 heavy (non-hydrogen) atoms. The molecule has 0 saturated heterocycles. The maximum atomic E-state index is 13.4. The number of anilines is 2. The van der Waals surface area contributed by atoms with E-state index in [1.54, 1.807) is 79.9 Å². The minimum absolute atomic E-state index is 0. The summed E-state index contributed by atoms with van der Waals surface area (Å²) in [5.41, 5.74) is 12.0. The van der Waals surface area contributed by atoms with Crippen LogP contribution >= 0.6 is 0 Å². The molecular formula is C51H52F6N12O5. The van der Waals surface area contributed by atoms with E-state index >= 15 is 0 Å². The molecule has 0 aliphatic rings. The van der Waals surface area contributed by atoms with E-state index in [0.29, 0.717) is 22.8 Å². The maximum Gasteiger partial charge on any atom is 0.416 e. The van der Waals surface area contributed by atoms with Crippen LogP contribution in [0.3, 0.4) is 0 Å². The number of halogens is 6. The summed E-state index contributed by atoms with van der Waals surface area (Å²) in [6.45, 7) is 14.7. The van der Waals surface area contributed by atoms with Crippen LogP contribution < -0.4 is 20.5 Å². The number of ether oxygens (including phenoxy) is 2. The van der Waals surface area contributed by atoms with Gasteiger partial charge >= 0.3 is 18.3 Å². The first-order valence-electron chi connectivity index (χ1n) is 21.7. The molecule has 1 amide bonds. The van der Waals surface area contributed by atoms with E-state index in [1.165, 1.54) is 24.3 Å². The molecule has 8 rings (SSSR count). The average molecular weight is 1030 g/mol. The summed E-state index contributed by atoms with van der Waals surface area (Å²) in [5, 5.41) is 36.7. The number of aryl methyl sites for hydroxylation is 4. The summed E-state index contributed by atoms with van der Waals surface area (Å²) < 4.78 is 94.0. The SMILES string of the molecule is C.C=CCOc1cc(N)cc(C(F)(F)F)c1.C=CCOc1cc(NC(=O)c2ccc(C)c(-n3cc(-c4cnn(C)c4C)nn3)c2)cc(C(F)(F)F)c1.Cc1ccc(C(=O)O)cc1-n1cc(-c2cnn(C)c2C)nn1. The van der Waals surface area contributed by atoms with Gasteiger partial charge in [-0.2, -0.15) is 36.5 Å². The molecule has 23 heteroatoms. The van der Waals surface area contributed by atoms with Crippen molar-refractivity contribution in [2.75, 3.05) is 24.3 Å². The van der Waals surface area contributed by atoms with Gasteiger partial charge in [0.2, 0.25) is 0 Å². The van der Waals surface area contributed by atoms with Gasteiger partial charge in [0.15, 0.2) is 0 Å². The highest BCUT2D eigenvalue weighted by atomic mass is 19.4. The minimum Gasteiger partial charge on any atom is -0.489 e. The van der Waals surface area contributed by atoms with E-state index in [-0.39, 0.29) is 54.6 Å². The zero-order valence-corrected chi connectivity index (χ0v) is 40.1. The third-order valence-corrected chi connectivity index (χ3v) is 10.9. The van der Waals surface area contributed by atoms with Gasteiger partial charge in [-0.3, -0.25) is 14.2 Å². The van der Waals surface area contributed by atoms with Crippen molar-refractivity contribution >= 4 is 23.3 Å². The standard InChI is InChI=1S/C25H23F3N6O2.C15H15N5O2.C10H10F3NO.CH4/c1-5-8-36-20-11-18(25(26,27)28)10-19(12-20)30-24(35)17-7-6-15(2)23(9-17)34-14-22(31-32-34)21-13-29-33(4)16(21)3;1-9-4-5-11(15(21)22)6-14(9)20-8-13(17-18-20)12-7-16-19(3)10(12)2;1-2-3-15-9-5-7(10(11,12)13)4-8(14)6-9;/h5-7,9-14H,1,8H2,2-4H3,(H,30,35);4-8H,1-3H3,(H,21,22);2,4-6H,1,3,14H2;1H4. The smallest absolute Gasteiger partial charge is 0.416 e. The molecule has 0 atom stereocenters. The van der Waals surface area contributed by atoms with E-state index < -0.39 is 35.4 Å². The first kappa shape index (κ1) is 55.9. The maximum absolute atomic E-state index is 13.4. The monoisotopic (exact) mass is 1030 g/mol. The first-order valence-corrected chi connectivity index (χ1v) is 21.7. The van der Waals surface area contributed by atoms with E-state index in [2.05, 4.69) is 49.3 Å². The summed E-state index contributed by atoms with van der Waals surface area (Å²) in [5.74, 6) is -1.51. The van der Waals surface area contributed by atoms with Gasteiger partial charge in [-0.25, -0.2) is 14.2 Å². The Morgan fingerprint density at radius 3 is 1.55 bits per heavy atom. The molecule has 0 radical (unpaired) electrons.